The van der Waals surface area contributed by atoms with Crippen LogP contribution in [0.15, 0.2) is 33.5 Å². The van der Waals surface area contributed by atoms with Crippen LogP contribution in [0.5, 0.6) is 5.75 Å². The summed E-state index contributed by atoms with van der Waals surface area (Å²) in [4.78, 5) is 59.4. The Morgan fingerprint density at radius 2 is 1.60 bits per heavy atom. The van der Waals surface area contributed by atoms with Crippen molar-refractivity contribution < 1.29 is 43.2 Å². The summed E-state index contributed by atoms with van der Waals surface area (Å²) in [5.41, 5.74) is 0.343. The zero-order valence-electron chi connectivity index (χ0n) is 32.3. The quantitative estimate of drug-likeness (QED) is 0.249. The van der Waals surface area contributed by atoms with Crippen molar-refractivity contribution in [1.29, 1.82) is 0 Å². The first-order valence-electron chi connectivity index (χ1n) is 18.1. The van der Waals surface area contributed by atoms with Gasteiger partial charge < -0.3 is 38.6 Å². The lowest BCUT2D eigenvalue weighted by Crippen LogP contribution is -2.61. The van der Waals surface area contributed by atoms with Crippen molar-refractivity contribution >= 4 is 34.1 Å². The average molecular weight is 731 g/mol. The van der Waals surface area contributed by atoms with E-state index in [0.717, 1.165) is 0 Å². The highest BCUT2D eigenvalue weighted by atomic mass is 16.6. The molecular formula is C41H50N2O10. The highest BCUT2D eigenvalue weighted by Crippen LogP contribution is 2.50. The van der Waals surface area contributed by atoms with Crippen LogP contribution >= 0.6 is 0 Å². The number of ketones is 2. The molecule has 284 valence electrons. The molecule has 2 aliphatic heterocycles. The number of esters is 1. The van der Waals surface area contributed by atoms with Crippen molar-refractivity contribution in [3.63, 3.8) is 0 Å². The molecule has 3 aliphatic rings. The Morgan fingerprint density at radius 1 is 0.943 bits per heavy atom. The van der Waals surface area contributed by atoms with E-state index in [2.05, 4.69) is 0 Å². The molecule has 53 heavy (non-hydrogen) atoms. The summed E-state index contributed by atoms with van der Waals surface area (Å²) < 4.78 is 25.0. The number of carbonyl (C=O) groups excluding carboxylic acids is 3. The monoisotopic (exact) mass is 730 g/mol. The smallest absolute Gasteiger partial charge is 0.303 e. The largest absolute Gasteiger partial charge is 0.507 e. The zero-order chi connectivity index (χ0) is 39.0. The highest BCUT2D eigenvalue weighted by molar-refractivity contribution is 6.33. The van der Waals surface area contributed by atoms with Crippen LogP contribution in [0, 0.1) is 6.92 Å². The maximum atomic E-state index is 15.0. The third-order valence-electron chi connectivity index (χ3n) is 11.7. The van der Waals surface area contributed by atoms with E-state index in [9.17, 15) is 24.6 Å². The molecule has 0 radical (unpaired) electrons. The molecule has 2 N–H and O–H groups in total. The third kappa shape index (κ3) is 6.24. The second-order valence-corrected chi connectivity index (χ2v) is 15.5. The number of phenols is 1. The van der Waals surface area contributed by atoms with Gasteiger partial charge in [-0.15, -0.1) is 0 Å². The van der Waals surface area contributed by atoms with Crippen LogP contribution in [0.25, 0.3) is 16.5 Å². The predicted octanol–water partition coefficient (Wildman–Crippen LogP) is 5.25. The van der Waals surface area contributed by atoms with Crippen LogP contribution in [0.3, 0.4) is 0 Å². The number of allylic oxidation sites excluding steroid dienone is 2. The molecule has 0 bridgehead atoms. The van der Waals surface area contributed by atoms with Crippen LogP contribution in [0.1, 0.15) is 121 Å². The van der Waals surface area contributed by atoms with Crippen LogP contribution in [-0.4, -0.2) is 102 Å². The van der Waals surface area contributed by atoms with Crippen molar-refractivity contribution in [2.75, 3.05) is 28.2 Å². The number of hydrogen-bond donors (Lipinski definition) is 2. The van der Waals surface area contributed by atoms with E-state index in [1.54, 1.807) is 46.8 Å². The fourth-order valence-electron chi connectivity index (χ4n) is 8.39. The third-order valence-corrected chi connectivity index (χ3v) is 11.7. The summed E-state index contributed by atoms with van der Waals surface area (Å²) in [6.07, 6.45) is -1.99. The second-order valence-electron chi connectivity index (χ2n) is 15.5. The van der Waals surface area contributed by atoms with Crippen LogP contribution in [0.2, 0.25) is 0 Å². The van der Waals surface area contributed by atoms with Gasteiger partial charge >= 0.3 is 5.97 Å². The summed E-state index contributed by atoms with van der Waals surface area (Å²) in [7, 11) is 7.46. The van der Waals surface area contributed by atoms with Gasteiger partial charge in [-0.2, -0.15) is 0 Å². The lowest BCUT2D eigenvalue weighted by atomic mass is 9.74. The number of benzene rings is 2. The number of hydrogen-bond acceptors (Lipinski definition) is 12. The molecule has 0 amide bonds. The van der Waals surface area contributed by atoms with Gasteiger partial charge in [0.15, 0.2) is 16.8 Å². The van der Waals surface area contributed by atoms with Crippen molar-refractivity contribution in [2.45, 2.75) is 110 Å². The molecule has 1 aliphatic carbocycles. The molecule has 3 heterocycles. The van der Waals surface area contributed by atoms with Gasteiger partial charge in [0.05, 0.1) is 52.6 Å². The fraction of sp³-hybridized carbons (Fsp3) is 0.512. The number of phenolic OH excluding ortho intramolecular Hbond substituents is 1. The summed E-state index contributed by atoms with van der Waals surface area (Å²) >= 11 is 0. The second kappa shape index (κ2) is 13.9. The number of aromatic hydroxyl groups is 1. The minimum atomic E-state index is -0.819. The van der Waals surface area contributed by atoms with Crippen LogP contribution in [-0.2, 0) is 19.0 Å². The van der Waals surface area contributed by atoms with Crippen molar-refractivity contribution in [3.8, 4) is 5.75 Å². The lowest BCUT2D eigenvalue weighted by Gasteiger charge is -2.50. The SMILES string of the molecule is CC=C(C)c1cc(=O)c2c(C)cc3c(c2o1)C(=O)c1c(O)c([C@H]2C[C@@](C)(N(C)C)[C@@H](OC(C)=O)[C@@H](C)O2)cc([C@@H]2C[C@H](N(C)C)[C@@H](O)[C@@H](C)O2)c1C3=O. The maximum Gasteiger partial charge on any atom is 0.303 e. The number of aliphatic hydroxyl groups excluding tert-OH is 1. The minimum Gasteiger partial charge on any atom is -0.507 e. The number of rotatable bonds is 6. The molecule has 12 nitrogen and oxygen atoms in total. The van der Waals surface area contributed by atoms with E-state index < -0.39 is 65.4 Å². The van der Waals surface area contributed by atoms with Crippen LogP contribution < -0.4 is 5.43 Å². The number of aryl methyl sites for hydroxylation is 1. The minimum absolute atomic E-state index is 0.00579. The molecule has 8 atom stereocenters. The molecule has 2 aromatic carbocycles. The number of nitrogens with zero attached hydrogens (tertiary/aromatic N) is 2. The molecule has 1 aromatic heterocycles. The van der Waals surface area contributed by atoms with Gasteiger partial charge in [-0.3, -0.25) is 19.2 Å². The number of ether oxygens (including phenoxy) is 3. The number of fused-ring (bicyclic) bond motifs is 4. The van der Waals surface area contributed by atoms with Crippen molar-refractivity contribution in [2.24, 2.45) is 0 Å². The van der Waals surface area contributed by atoms with Crippen molar-refractivity contribution in [1.82, 2.24) is 9.80 Å². The van der Waals surface area contributed by atoms with Gasteiger partial charge in [0.2, 0.25) is 5.78 Å². The molecule has 0 unspecified atom stereocenters. The Morgan fingerprint density at radius 3 is 2.21 bits per heavy atom. The normalized spacial score (nSPS) is 29.1. The first-order valence-corrected chi connectivity index (χ1v) is 18.1. The Labute approximate surface area is 309 Å². The van der Waals surface area contributed by atoms with E-state index in [1.165, 1.54) is 19.1 Å². The van der Waals surface area contributed by atoms with E-state index in [1.807, 2.05) is 44.9 Å². The van der Waals surface area contributed by atoms with Gasteiger partial charge in [0.1, 0.15) is 17.6 Å². The summed E-state index contributed by atoms with van der Waals surface area (Å²) in [6, 6.07) is 4.25. The molecule has 3 aromatic rings. The number of likely N-dealkylation sites (N-methyl/N-ethyl adjacent to an activating group) is 2. The van der Waals surface area contributed by atoms with Gasteiger partial charge in [0.25, 0.3) is 0 Å². The zero-order valence-corrected chi connectivity index (χ0v) is 32.3. The van der Waals surface area contributed by atoms with E-state index in [4.69, 9.17) is 18.6 Å². The maximum absolute atomic E-state index is 15.0. The molecule has 2 saturated heterocycles. The first-order chi connectivity index (χ1) is 24.8. The van der Waals surface area contributed by atoms with Gasteiger partial charge in [0, 0.05) is 35.7 Å². The number of carbonyl (C=O) groups is 3. The Bertz CT molecular complexity index is 2120. The summed E-state index contributed by atoms with van der Waals surface area (Å²) in [6.45, 7) is 12.1. The molecule has 2 fully saturated rings. The standard InChI is InChI=1S/C41H50N2O10/c1-12-18(2)28-16-27(45)31-19(3)13-25-33(39(31)53-28)38(49)34-32(37(25)48)23(29-15-26(42(8)9)35(46)20(4)50-29)14-24(36(34)47)30-17-41(7,43(10)11)40(21(5)51-30)52-22(6)44/h12-14,16,20-21,26,29-30,35,40,46-47H,15,17H2,1-11H3/t20-,21-,26+,29+,30-,35+,40+,41-/m1/s1. The van der Waals surface area contributed by atoms with E-state index in [-0.39, 0.29) is 68.9 Å². The molecule has 12 heteroatoms. The molecular weight excluding hydrogens is 680 g/mol. The average Bonchev–Trinajstić information content (AvgIpc) is 3.08. The molecule has 6 rings (SSSR count). The highest BCUT2D eigenvalue weighted by Gasteiger charge is 2.51. The Hall–Kier alpha value is -4.20. The van der Waals surface area contributed by atoms with Crippen molar-refractivity contribution in [3.05, 3.63) is 79.2 Å². The number of aliphatic hydroxyl groups is 1. The van der Waals surface area contributed by atoms with Gasteiger partial charge in [-0.05, 0) is 111 Å². The predicted molar refractivity (Wildman–Crippen MR) is 198 cm³/mol. The first kappa shape index (κ1) is 38.5. The molecule has 0 spiro atoms. The topological polar surface area (TPSA) is 156 Å². The fourth-order valence-corrected chi connectivity index (χ4v) is 8.39. The lowest BCUT2D eigenvalue weighted by molar-refractivity contribution is -0.201. The summed E-state index contributed by atoms with van der Waals surface area (Å²) in [5.74, 6) is -1.83. The molecule has 0 saturated carbocycles. The Balaban J connectivity index is 1.63. The van der Waals surface area contributed by atoms with E-state index >= 15 is 4.79 Å². The summed E-state index contributed by atoms with van der Waals surface area (Å²) in [5, 5.41) is 23.5. The Kier molecular flexibility index (Phi) is 10.1. The van der Waals surface area contributed by atoms with Crippen LogP contribution in [0.4, 0.5) is 0 Å². The van der Waals surface area contributed by atoms with Gasteiger partial charge in [-0.1, -0.05) is 6.08 Å². The van der Waals surface area contributed by atoms with Gasteiger partial charge in [-0.25, -0.2) is 0 Å². The van der Waals surface area contributed by atoms with E-state index in [0.29, 0.717) is 16.7 Å².